The predicted molar refractivity (Wildman–Crippen MR) is 116 cm³/mol. The number of benzene rings is 3. The molecule has 0 unspecified atom stereocenters. The molecule has 6 heteroatoms. The van der Waals surface area contributed by atoms with Gasteiger partial charge < -0.3 is 20.9 Å². The molecule has 4 aromatic rings. The van der Waals surface area contributed by atoms with E-state index in [-0.39, 0.29) is 27.3 Å². The summed E-state index contributed by atoms with van der Waals surface area (Å²) in [5.74, 6) is -0.114. The Morgan fingerprint density at radius 2 is 1.76 bits per heavy atom. The SMILES string of the molecule is NCC1(c2ccc(-c3c(O)cc(Cl)c4[nH]c(=O)c5c(O)cccc5c34)cc2)CC1. The van der Waals surface area contributed by atoms with Gasteiger partial charge >= 0.3 is 0 Å². The molecule has 0 atom stereocenters. The first-order valence-electron chi connectivity index (χ1n) is 9.45. The molecule has 29 heavy (non-hydrogen) atoms. The number of phenols is 2. The smallest absolute Gasteiger partial charge is 0.260 e. The van der Waals surface area contributed by atoms with Gasteiger partial charge in [0, 0.05) is 34.4 Å². The summed E-state index contributed by atoms with van der Waals surface area (Å²) in [6.45, 7) is 0.618. The molecule has 0 radical (unpaired) electrons. The van der Waals surface area contributed by atoms with Crippen LogP contribution in [0.4, 0.5) is 0 Å². The highest BCUT2D eigenvalue weighted by Gasteiger charge is 2.42. The summed E-state index contributed by atoms with van der Waals surface area (Å²) in [6, 6.07) is 14.3. The van der Waals surface area contributed by atoms with Crippen LogP contribution in [0.1, 0.15) is 18.4 Å². The van der Waals surface area contributed by atoms with Crippen LogP contribution in [0.5, 0.6) is 11.5 Å². The van der Waals surface area contributed by atoms with E-state index in [1.54, 1.807) is 12.1 Å². The van der Waals surface area contributed by atoms with Crippen LogP contribution in [0.2, 0.25) is 5.02 Å². The third-order valence-corrected chi connectivity index (χ3v) is 6.36. The zero-order valence-electron chi connectivity index (χ0n) is 15.5. The van der Waals surface area contributed by atoms with E-state index in [2.05, 4.69) is 4.98 Å². The highest BCUT2D eigenvalue weighted by molar-refractivity contribution is 6.37. The van der Waals surface area contributed by atoms with Gasteiger partial charge in [-0.05, 0) is 30.0 Å². The van der Waals surface area contributed by atoms with E-state index in [0.29, 0.717) is 28.4 Å². The van der Waals surface area contributed by atoms with E-state index in [1.807, 2.05) is 24.3 Å². The second-order valence-electron chi connectivity index (χ2n) is 7.72. The van der Waals surface area contributed by atoms with Gasteiger partial charge in [0.15, 0.2) is 0 Å². The quantitative estimate of drug-likeness (QED) is 0.379. The van der Waals surface area contributed by atoms with Crippen molar-refractivity contribution in [2.75, 3.05) is 6.54 Å². The van der Waals surface area contributed by atoms with Crippen LogP contribution < -0.4 is 11.3 Å². The Balaban J connectivity index is 1.84. The molecule has 1 aliphatic carbocycles. The number of hydrogen-bond donors (Lipinski definition) is 4. The Kier molecular flexibility index (Phi) is 3.88. The fourth-order valence-electron chi connectivity index (χ4n) is 4.24. The number of phenolic OH excluding ortho intramolecular Hbond substituents is 2. The van der Waals surface area contributed by atoms with Crippen molar-refractivity contribution in [3.05, 3.63) is 69.5 Å². The third kappa shape index (κ3) is 2.62. The first-order chi connectivity index (χ1) is 13.9. The van der Waals surface area contributed by atoms with Crippen molar-refractivity contribution in [2.45, 2.75) is 18.3 Å². The zero-order valence-corrected chi connectivity index (χ0v) is 16.3. The first-order valence-corrected chi connectivity index (χ1v) is 9.83. The van der Waals surface area contributed by atoms with Crippen molar-refractivity contribution < 1.29 is 10.2 Å². The van der Waals surface area contributed by atoms with Crippen molar-refractivity contribution >= 4 is 33.3 Å². The van der Waals surface area contributed by atoms with Crippen molar-refractivity contribution in [2.24, 2.45) is 5.73 Å². The lowest BCUT2D eigenvalue weighted by atomic mass is 9.91. The number of pyridine rings is 1. The molecule has 1 aliphatic rings. The van der Waals surface area contributed by atoms with Gasteiger partial charge in [0.25, 0.3) is 5.56 Å². The summed E-state index contributed by atoms with van der Waals surface area (Å²) in [6.07, 6.45) is 2.17. The van der Waals surface area contributed by atoms with E-state index in [1.165, 1.54) is 17.7 Å². The minimum absolute atomic E-state index is 0.00639. The van der Waals surface area contributed by atoms with Crippen LogP contribution >= 0.6 is 11.6 Å². The number of halogens is 1. The topological polar surface area (TPSA) is 99.3 Å². The first kappa shape index (κ1) is 18.0. The molecule has 0 saturated heterocycles. The Hall–Kier alpha value is -3.02. The summed E-state index contributed by atoms with van der Waals surface area (Å²) in [5, 5.41) is 22.5. The lowest BCUT2D eigenvalue weighted by Crippen LogP contribution is -2.19. The lowest BCUT2D eigenvalue weighted by Gasteiger charge is -2.16. The maximum atomic E-state index is 12.5. The van der Waals surface area contributed by atoms with E-state index in [4.69, 9.17) is 17.3 Å². The molecular weight excluding hydrogens is 388 g/mol. The Morgan fingerprint density at radius 1 is 1.03 bits per heavy atom. The minimum atomic E-state index is -0.432. The van der Waals surface area contributed by atoms with Gasteiger partial charge in [0.1, 0.15) is 11.5 Å². The summed E-state index contributed by atoms with van der Waals surface area (Å²) in [7, 11) is 0. The number of aromatic hydroxyl groups is 2. The van der Waals surface area contributed by atoms with Gasteiger partial charge in [0.05, 0.1) is 15.9 Å². The van der Waals surface area contributed by atoms with E-state index in [0.717, 1.165) is 18.4 Å². The molecule has 3 aromatic carbocycles. The third-order valence-electron chi connectivity index (χ3n) is 6.07. The number of rotatable bonds is 3. The Morgan fingerprint density at radius 3 is 2.41 bits per heavy atom. The molecule has 5 N–H and O–H groups in total. The summed E-state index contributed by atoms with van der Waals surface area (Å²) >= 11 is 6.34. The Bertz CT molecular complexity index is 1340. The maximum Gasteiger partial charge on any atom is 0.260 e. The summed E-state index contributed by atoms with van der Waals surface area (Å²) in [4.78, 5) is 15.3. The van der Waals surface area contributed by atoms with Crippen molar-refractivity contribution in [1.82, 2.24) is 4.98 Å². The largest absolute Gasteiger partial charge is 0.507 e. The van der Waals surface area contributed by atoms with Crippen molar-refractivity contribution in [3.8, 4) is 22.6 Å². The van der Waals surface area contributed by atoms with Gasteiger partial charge in [-0.3, -0.25) is 4.79 Å². The van der Waals surface area contributed by atoms with Gasteiger partial charge in [-0.2, -0.15) is 0 Å². The average molecular weight is 407 g/mol. The Labute approximate surface area is 171 Å². The number of nitrogens with two attached hydrogens (primary N) is 1. The zero-order chi connectivity index (χ0) is 20.3. The predicted octanol–water partition coefficient (Wildman–Crippen LogP) is 4.40. The van der Waals surface area contributed by atoms with E-state index < -0.39 is 5.56 Å². The molecular formula is C23H19ClN2O3. The number of aromatic amines is 1. The molecule has 146 valence electrons. The summed E-state index contributed by atoms with van der Waals surface area (Å²) in [5.41, 5.74) is 8.55. The second kappa shape index (κ2) is 6.24. The second-order valence-corrected chi connectivity index (χ2v) is 8.13. The van der Waals surface area contributed by atoms with Crippen LogP contribution in [-0.2, 0) is 5.41 Å². The van der Waals surface area contributed by atoms with Gasteiger partial charge in [-0.1, -0.05) is 48.0 Å². The van der Waals surface area contributed by atoms with Gasteiger partial charge in [-0.15, -0.1) is 0 Å². The molecule has 0 aliphatic heterocycles. The maximum absolute atomic E-state index is 12.5. The van der Waals surface area contributed by atoms with Crippen LogP contribution in [0.15, 0.2) is 53.3 Å². The van der Waals surface area contributed by atoms with E-state index in [9.17, 15) is 15.0 Å². The molecule has 5 rings (SSSR count). The van der Waals surface area contributed by atoms with Crippen molar-refractivity contribution in [3.63, 3.8) is 0 Å². The molecule has 1 heterocycles. The lowest BCUT2D eigenvalue weighted by molar-refractivity contribution is 0.478. The van der Waals surface area contributed by atoms with Crippen LogP contribution in [-0.4, -0.2) is 21.7 Å². The molecule has 0 amide bonds. The van der Waals surface area contributed by atoms with Crippen molar-refractivity contribution in [1.29, 1.82) is 0 Å². The normalized spacial score (nSPS) is 15.1. The molecule has 0 bridgehead atoms. The molecule has 1 aromatic heterocycles. The van der Waals surface area contributed by atoms with Gasteiger partial charge in [-0.25, -0.2) is 0 Å². The minimum Gasteiger partial charge on any atom is -0.507 e. The number of hydrogen-bond acceptors (Lipinski definition) is 4. The molecule has 1 saturated carbocycles. The molecule has 1 fully saturated rings. The average Bonchev–Trinajstić information content (AvgIpc) is 3.51. The number of H-pyrrole nitrogens is 1. The summed E-state index contributed by atoms with van der Waals surface area (Å²) < 4.78 is 0. The number of aromatic nitrogens is 1. The fourth-order valence-corrected chi connectivity index (χ4v) is 4.48. The van der Waals surface area contributed by atoms with Gasteiger partial charge in [0.2, 0.25) is 0 Å². The fraction of sp³-hybridized carbons (Fsp3) is 0.174. The molecule has 0 spiro atoms. The highest BCUT2D eigenvalue weighted by Crippen LogP contribution is 2.48. The number of nitrogens with one attached hydrogen (secondary N) is 1. The standard InChI is InChI=1S/C23H19ClN2O3/c24-15-10-17(28)18(12-4-6-13(7-5-12)23(11-25)8-9-23)20-14-2-1-3-16(27)19(14)22(29)26-21(15)20/h1-7,10,27-28H,8-9,11,25H2,(H,26,29). The van der Waals surface area contributed by atoms with Crippen LogP contribution in [0.3, 0.4) is 0 Å². The van der Waals surface area contributed by atoms with Crippen LogP contribution in [0.25, 0.3) is 32.8 Å². The highest BCUT2D eigenvalue weighted by atomic mass is 35.5. The van der Waals surface area contributed by atoms with E-state index >= 15 is 0 Å². The molecule has 5 nitrogen and oxygen atoms in total. The number of fused-ring (bicyclic) bond motifs is 3. The van der Waals surface area contributed by atoms with Crippen LogP contribution in [0, 0.1) is 0 Å². The monoisotopic (exact) mass is 406 g/mol.